The van der Waals surface area contributed by atoms with Gasteiger partial charge in [0.25, 0.3) is 0 Å². The van der Waals surface area contributed by atoms with Crippen molar-refractivity contribution in [2.75, 3.05) is 7.11 Å². The van der Waals surface area contributed by atoms with Crippen LogP contribution in [0.5, 0.6) is 0 Å². The summed E-state index contributed by atoms with van der Waals surface area (Å²) in [6.45, 7) is 5.39. The van der Waals surface area contributed by atoms with E-state index in [1.165, 1.54) is 27.7 Å². The van der Waals surface area contributed by atoms with E-state index >= 15 is 0 Å². The number of hydrogen-bond donors (Lipinski definition) is 0. The number of carbonyl (C=O) groups is 2. The molecule has 17 heavy (non-hydrogen) atoms. The van der Waals surface area contributed by atoms with E-state index in [0.29, 0.717) is 0 Å². The molecule has 0 atom stereocenters. The number of hydrogen-bond acceptors (Lipinski definition) is 5. The van der Waals surface area contributed by atoms with Crippen LogP contribution in [0.2, 0.25) is 0 Å². The summed E-state index contributed by atoms with van der Waals surface area (Å²) in [7, 11) is 1.59. The van der Waals surface area contributed by atoms with Gasteiger partial charge in [0.15, 0.2) is 11.6 Å². The Hall–Kier alpha value is -1.09. The fourth-order valence-electron chi connectivity index (χ4n) is 0.572. The second kappa shape index (κ2) is 14.9. The monoisotopic (exact) mass is 256 g/mol. The first-order valence-electron chi connectivity index (χ1n) is 4.62. The summed E-state index contributed by atoms with van der Waals surface area (Å²) < 4.78 is 4.17. The van der Waals surface area contributed by atoms with Gasteiger partial charge in [0, 0.05) is 0 Å². The average molecular weight is 256 g/mol. The molecule has 0 bridgehead atoms. The molecular formula is C11H17AlO5. The van der Waals surface area contributed by atoms with Crippen LogP contribution in [0, 0.1) is 0 Å². The Kier molecular flexibility index (Phi) is 18.6. The fraction of sp³-hybridized carbons (Fsp3) is 0.455. The zero-order valence-electron chi connectivity index (χ0n) is 10.8. The summed E-state index contributed by atoms with van der Waals surface area (Å²) in [6.07, 6.45) is 2.11. The van der Waals surface area contributed by atoms with Crippen LogP contribution in [0.1, 0.15) is 27.7 Å². The van der Waals surface area contributed by atoms with Crippen LogP contribution < -0.4 is 10.2 Å². The molecule has 0 saturated heterocycles. The van der Waals surface area contributed by atoms with Gasteiger partial charge in [-0.05, 0) is 26.0 Å². The molecule has 0 rings (SSSR count). The van der Waals surface area contributed by atoms with Gasteiger partial charge in [-0.2, -0.15) is 0 Å². The van der Waals surface area contributed by atoms with E-state index in [-0.39, 0.29) is 23.1 Å². The molecular weight excluding hydrogens is 239 g/mol. The van der Waals surface area contributed by atoms with Crippen LogP contribution in [0.3, 0.4) is 0 Å². The SMILES string of the molecule is CC(=O)/C=C(/C)[O-].CC(=O)/C=C(/C)[O-].C[O][Al+2]. The summed E-state index contributed by atoms with van der Waals surface area (Å²) in [5.41, 5.74) is 0. The Morgan fingerprint density at radius 1 is 0.941 bits per heavy atom. The molecule has 0 aliphatic rings. The molecule has 0 aromatic rings. The predicted octanol–water partition coefficient (Wildman–Crippen LogP) is -0.605. The molecule has 0 fully saturated rings. The summed E-state index contributed by atoms with van der Waals surface area (Å²) in [4.78, 5) is 20.0. The fourth-order valence-corrected chi connectivity index (χ4v) is 0.572. The van der Waals surface area contributed by atoms with Crippen LogP contribution in [-0.2, 0) is 13.4 Å². The van der Waals surface area contributed by atoms with Gasteiger partial charge >= 0.3 is 27.5 Å². The summed E-state index contributed by atoms with van der Waals surface area (Å²) in [6, 6.07) is 0. The van der Waals surface area contributed by atoms with Crippen LogP contribution in [0.4, 0.5) is 0 Å². The quantitative estimate of drug-likeness (QED) is 0.373. The standard InChI is InChI=1S/2C5H8O2.CH3O.Al/c2*1-4(6)3-5(2)7;1-2;/h2*3,6H,1-2H3;1H3;/q;;-1;+3/p-2/b2*4-3-;;. The van der Waals surface area contributed by atoms with E-state index in [1.54, 1.807) is 7.11 Å². The third kappa shape index (κ3) is 52.0. The topological polar surface area (TPSA) is 89.5 Å². The zero-order valence-corrected chi connectivity index (χ0v) is 11.9. The van der Waals surface area contributed by atoms with E-state index in [9.17, 15) is 19.8 Å². The number of carbonyl (C=O) groups excluding carboxylic acids is 2. The van der Waals surface area contributed by atoms with E-state index in [4.69, 9.17) is 0 Å². The average Bonchev–Trinajstić information content (AvgIpc) is 1.99. The van der Waals surface area contributed by atoms with Gasteiger partial charge in [0.2, 0.25) is 0 Å². The molecule has 0 aliphatic heterocycles. The minimum absolute atomic E-state index is 0.187. The van der Waals surface area contributed by atoms with Gasteiger partial charge in [-0.25, -0.2) is 0 Å². The van der Waals surface area contributed by atoms with Crippen molar-refractivity contribution in [3.63, 3.8) is 0 Å². The summed E-state index contributed by atoms with van der Waals surface area (Å²) >= 11 is 2.08. The molecule has 0 heterocycles. The van der Waals surface area contributed by atoms with Crippen LogP contribution in [0.15, 0.2) is 23.7 Å². The van der Waals surface area contributed by atoms with Crippen molar-refractivity contribution in [2.45, 2.75) is 27.7 Å². The van der Waals surface area contributed by atoms with E-state index < -0.39 is 0 Å². The van der Waals surface area contributed by atoms with Gasteiger partial charge < -0.3 is 10.2 Å². The molecule has 94 valence electrons. The molecule has 0 amide bonds. The molecule has 0 aromatic carbocycles. The van der Waals surface area contributed by atoms with Gasteiger partial charge in [-0.1, -0.05) is 13.8 Å². The zero-order chi connectivity index (χ0) is 14.4. The van der Waals surface area contributed by atoms with Gasteiger partial charge in [-0.15, -0.1) is 11.5 Å². The Morgan fingerprint density at radius 2 is 1.12 bits per heavy atom. The molecule has 0 aromatic heterocycles. The Bertz CT molecular complexity index is 246. The first kappa shape index (κ1) is 21.2. The first-order valence-corrected chi connectivity index (χ1v) is 5.09. The second-order valence-corrected chi connectivity index (χ2v) is 3.44. The van der Waals surface area contributed by atoms with Crippen molar-refractivity contribution in [3.05, 3.63) is 23.7 Å². The Labute approximate surface area is 111 Å². The Balaban J connectivity index is -0.000000188. The second-order valence-electron chi connectivity index (χ2n) is 2.97. The number of allylic oxidation sites excluding steroid dienone is 4. The van der Waals surface area contributed by atoms with E-state index in [1.807, 2.05) is 0 Å². The van der Waals surface area contributed by atoms with E-state index in [0.717, 1.165) is 12.2 Å². The molecule has 5 nitrogen and oxygen atoms in total. The Morgan fingerprint density at radius 3 is 1.12 bits per heavy atom. The summed E-state index contributed by atoms with van der Waals surface area (Å²) in [5, 5.41) is 20.0. The maximum absolute atomic E-state index is 9.98. The van der Waals surface area contributed by atoms with Crippen molar-refractivity contribution in [3.8, 4) is 0 Å². The van der Waals surface area contributed by atoms with Crippen molar-refractivity contribution in [1.29, 1.82) is 0 Å². The third-order valence-corrected chi connectivity index (χ3v) is 0.813. The number of ketones is 2. The molecule has 0 spiro atoms. The molecule has 0 radical (unpaired) electrons. The van der Waals surface area contributed by atoms with E-state index in [2.05, 4.69) is 20.4 Å². The van der Waals surface area contributed by atoms with Crippen molar-refractivity contribution in [1.82, 2.24) is 0 Å². The minimum atomic E-state index is -0.187. The van der Waals surface area contributed by atoms with Gasteiger partial charge in [0.1, 0.15) is 0 Å². The van der Waals surface area contributed by atoms with Gasteiger partial charge in [-0.3, -0.25) is 9.59 Å². The van der Waals surface area contributed by atoms with Crippen molar-refractivity contribution in [2.24, 2.45) is 0 Å². The van der Waals surface area contributed by atoms with Crippen molar-refractivity contribution < 1.29 is 23.6 Å². The normalized spacial score (nSPS) is 10.5. The maximum atomic E-state index is 9.98. The van der Waals surface area contributed by atoms with Crippen LogP contribution in [0.25, 0.3) is 0 Å². The summed E-state index contributed by atoms with van der Waals surface area (Å²) in [5.74, 6) is -0.750. The van der Waals surface area contributed by atoms with Crippen molar-refractivity contribution >= 4 is 28.2 Å². The molecule has 0 aliphatic carbocycles. The predicted molar refractivity (Wildman–Crippen MR) is 61.6 cm³/mol. The number of rotatable bonds is 2. The van der Waals surface area contributed by atoms with Gasteiger partial charge in [0.05, 0.1) is 0 Å². The molecule has 0 N–H and O–H groups in total. The molecule has 0 unspecified atom stereocenters. The van der Waals surface area contributed by atoms with Crippen LogP contribution >= 0.6 is 0 Å². The van der Waals surface area contributed by atoms with Crippen LogP contribution in [-0.4, -0.2) is 35.3 Å². The first-order chi connectivity index (χ1) is 7.67. The third-order valence-electron chi connectivity index (χ3n) is 0.813. The molecule has 6 heteroatoms. The molecule has 0 saturated carbocycles.